The molecule has 3 N–H and O–H groups in total. The second-order valence-corrected chi connectivity index (χ2v) is 8.98. The summed E-state index contributed by atoms with van der Waals surface area (Å²) in [5.41, 5.74) is 5.15. The summed E-state index contributed by atoms with van der Waals surface area (Å²) in [6.07, 6.45) is 5.09. The Balaban J connectivity index is 1.46. The molecule has 2 aromatic carbocycles. The molecule has 0 atom stereocenters. The lowest BCUT2D eigenvalue weighted by Gasteiger charge is -2.21. The monoisotopic (exact) mass is 541 g/mol. The second-order valence-electron chi connectivity index (χ2n) is 6.86. The van der Waals surface area contributed by atoms with E-state index in [-0.39, 0.29) is 23.5 Å². The second kappa shape index (κ2) is 10.4. The first-order valence-corrected chi connectivity index (χ1v) is 11.3. The molecule has 2 aromatic rings. The van der Waals surface area contributed by atoms with Gasteiger partial charge in [-0.05, 0) is 70.0 Å². The number of rotatable bonds is 4. The highest BCUT2D eigenvalue weighted by Crippen LogP contribution is 2.34. The van der Waals surface area contributed by atoms with Gasteiger partial charge < -0.3 is 4.74 Å². The number of thiocarbonyl (C=S) groups is 1. The predicted octanol–water partition coefficient (Wildman–Crippen LogP) is 4.35. The number of nitrogens with one attached hydrogen (secondary N) is 3. The van der Waals surface area contributed by atoms with Gasteiger partial charge in [0.15, 0.2) is 11.7 Å². The number of ether oxygens (including phenoxy) is 1. The Kier molecular flexibility index (Phi) is 7.85. The minimum atomic E-state index is -0.419. The van der Waals surface area contributed by atoms with Gasteiger partial charge in [-0.3, -0.25) is 25.8 Å². The third-order valence-corrected chi connectivity index (χ3v) is 6.28. The molecule has 0 aromatic heterocycles. The molecule has 1 aliphatic rings. The highest BCUT2D eigenvalue weighted by atomic mass is 79.9. The fourth-order valence-electron chi connectivity index (χ4n) is 3.28. The van der Waals surface area contributed by atoms with Crippen LogP contribution in [0.15, 0.2) is 39.3 Å². The van der Waals surface area contributed by atoms with Crippen molar-refractivity contribution in [1.29, 1.82) is 0 Å². The van der Waals surface area contributed by atoms with Crippen LogP contribution in [-0.2, 0) is 9.59 Å². The van der Waals surface area contributed by atoms with E-state index in [9.17, 15) is 9.59 Å². The Labute approximate surface area is 191 Å². The molecule has 0 heterocycles. The molecule has 29 heavy (non-hydrogen) atoms. The van der Waals surface area contributed by atoms with Crippen LogP contribution in [0.5, 0.6) is 5.75 Å². The van der Waals surface area contributed by atoms with Crippen molar-refractivity contribution in [2.75, 3.05) is 6.61 Å². The first-order valence-electron chi connectivity index (χ1n) is 9.34. The SMILES string of the molecule is O=C(COc1ccc2cc(Br)ccc2c1Br)NC(=S)NNC(=O)C1CCCCC1. The molecule has 1 aliphatic carbocycles. The highest BCUT2D eigenvalue weighted by molar-refractivity contribution is 9.11. The maximum absolute atomic E-state index is 12.1. The number of carbonyl (C=O) groups excluding carboxylic acids is 2. The average Bonchev–Trinajstić information content (AvgIpc) is 2.72. The predicted molar refractivity (Wildman–Crippen MR) is 123 cm³/mol. The lowest BCUT2D eigenvalue weighted by Crippen LogP contribution is -2.51. The van der Waals surface area contributed by atoms with E-state index in [1.54, 1.807) is 6.07 Å². The summed E-state index contributed by atoms with van der Waals surface area (Å²) in [4.78, 5) is 24.2. The molecule has 154 valence electrons. The van der Waals surface area contributed by atoms with Gasteiger partial charge in [-0.1, -0.05) is 47.3 Å². The zero-order chi connectivity index (χ0) is 20.8. The van der Waals surface area contributed by atoms with Gasteiger partial charge in [-0.2, -0.15) is 0 Å². The summed E-state index contributed by atoms with van der Waals surface area (Å²) in [6.45, 7) is -0.209. The summed E-state index contributed by atoms with van der Waals surface area (Å²) in [6, 6.07) is 9.63. The van der Waals surface area contributed by atoms with Gasteiger partial charge in [0.05, 0.1) is 4.47 Å². The average molecular weight is 543 g/mol. The van der Waals surface area contributed by atoms with E-state index < -0.39 is 5.91 Å². The largest absolute Gasteiger partial charge is 0.483 e. The number of hydrazine groups is 1. The fourth-order valence-corrected chi connectivity index (χ4v) is 4.43. The molecule has 0 saturated heterocycles. The Morgan fingerprint density at radius 3 is 2.59 bits per heavy atom. The van der Waals surface area contributed by atoms with Crippen molar-refractivity contribution in [3.63, 3.8) is 0 Å². The van der Waals surface area contributed by atoms with Crippen molar-refractivity contribution < 1.29 is 14.3 Å². The molecule has 1 fully saturated rings. The minimum Gasteiger partial charge on any atom is -0.483 e. The zero-order valence-corrected chi connectivity index (χ0v) is 19.6. The molecule has 1 saturated carbocycles. The molecule has 0 unspecified atom stereocenters. The van der Waals surface area contributed by atoms with Crippen molar-refractivity contribution in [2.24, 2.45) is 5.92 Å². The Bertz CT molecular complexity index is 933. The molecule has 0 aliphatic heterocycles. The van der Waals surface area contributed by atoms with E-state index in [0.717, 1.165) is 45.4 Å². The zero-order valence-electron chi connectivity index (χ0n) is 15.6. The van der Waals surface area contributed by atoms with E-state index in [1.165, 1.54) is 6.42 Å². The van der Waals surface area contributed by atoms with E-state index in [4.69, 9.17) is 17.0 Å². The van der Waals surface area contributed by atoms with Gasteiger partial charge >= 0.3 is 0 Å². The van der Waals surface area contributed by atoms with Gasteiger partial charge in [0.2, 0.25) is 5.91 Å². The van der Waals surface area contributed by atoms with Crippen LogP contribution in [0.1, 0.15) is 32.1 Å². The van der Waals surface area contributed by atoms with E-state index >= 15 is 0 Å². The molecule has 6 nitrogen and oxygen atoms in total. The summed E-state index contributed by atoms with van der Waals surface area (Å²) >= 11 is 12.0. The summed E-state index contributed by atoms with van der Waals surface area (Å²) in [7, 11) is 0. The van der Waals surface area contributed by atoms with Crippen LogP contribution in [0.3, 0.4) is 0 Å². The van der Waals surface area contributed by atoms with Gasteiger partial charge in [0.1, 0.15) is 5.75 Å². The lowest BCUT2D eigenvalue weighted by atomic mass is 9.89. The lowest BCUT2D eigenvalue weighted by molar-refractivity contribution is -0.126. The summed E-state index contributed by atoms with van der Waals surface area (Å²) < 4.78 is 7.37. The molecular formula is C20H21Br2N3O3S. The van der Waals surface area contributed by atoms with Crippen LogP contribution in [0, 0.1) is 5.92 Å². The van der Waals surface area contributed by atoms with E-state index in [0.29, 0.717) is 5.75 Å². The van der Waals surface area contributed by atoms with Crippen LogP contribution in [0.4, 0.5) is 0 Å². The van der Waals surface area contributed by atoms with Crippen molar-refractivity contribution in [3.05, 3.63) is 39.3 Å². The third-order valence-electron chi connectivity index (χ3n) is 4.77. The van der Waals surface area contributed by atoms with Gasteiger partial charge in [0, 0.05) is 10.4 Å². The summed E-state index contributed by atoms with van der Waals surface area (Å²) in [5, 5.41) is 4.55. The minimum absolute atomic E-state index is 0.00367. The number of halogens is 2. The molecule has 3 rings (SSSR count). The Hall–Kier alpha value is -1.71. The topological polar surface area (TPSA) is 79.5 Å². The fraction of sp³-hybridized carbons (Fsp3) is 0.350. The van der Waals surface area contributed by atoms with Gasteiger partial charge in [0.25, 0.3) is 5.91 Å². The molecule has 2 amide bonds. The Morgan fingerprint density at radius 2 is 1.83 bits per heavy atom. The number of carbonyl (C=O) groups is 2. The number of fused-ring (bicyclic) bond motifs is 1. The number of hydrogen-bond donors (Lipinski definition) is 3. The molecular weight excluding hydrogens is 522 g/mol. The molecule has 0 radical (unpaired) electrons. The highest BCUT2D eigenvalue weighted by Gasteiger charge is 2.21. The van der Waals surface area contributed by atoms with Crippen LogP contribution in [0.25, 0.3) is 10.8 Å². The van der Waals surface area contributed by atoms with E-state index in [1.807, 2.05) is 24.3 Å². The standard InChI is InChI=1S/C20H21Br2N3O3S/c21-14-7-8-15-13(10-14)6-9-16(18(15)22)28-11-17(26)23-20(29)25-24-19(27)12-4-2-1-3-5-12/h6-10,12H,1-5,11H2,(H,24,27)(H2,23,25,26,29). The normalized spacial score (nSPS) is 14.3. The molecule has 9 heteroatoms. The van der Waals surface area contributed by atoms with Crippen molar-refractivity contribution >= 4 is 71.8 Å². The maximum Gasteiger partial charge on any atom is 0.264 e. The van der Waals surface area contributed by atoms with Crippen molar-refractivity contribution in [2.45, 2.75) is 32.1 Å². The van der Waals surface area contributed by atoms with Crippen LogP contribution in [-0.4, -0.2) is 23.5 Å². The van der Waals surface area contributed by atoms with Crippen molar-refractivity contribution in [3.8, 4) is 5.75 Å². The number of hydrogen-bond acceptors (Lipinski definition) is 4. The Morgan fingerprint density at radius 1 is 1.07 bits per heavy atom. The van der Waals surface area contributed by atoms with Crippen LogP contribution in [0.2, 0.25) is 0 Å². The number of benzene rings is 2. The van der Waals surface area contributed by atoms with Crippen LogP contribution >= 0.6 is 44.1 Å². The van der Waals surface area contributed by atoms with Crippen molar-refractivity contribution in [1.82, 2.24) is 16.2 Å². The van der Waals surface area contributed by atoms with Gasteiger partial charge in [-0.15, -0.1) is 0 Å². The van der Waals surface area contributed by atoms with Crippen LogP contribution < -0.4 is 20.9 Å². The smallest absolute Gasteiger partial charge is 0.264 e. The first kappa shape index (κ1) is 22.0. The molecule has 0 bridgehead atoms. The third kappa shape index (κ3) is 6.13. The first-order chi connectivity index (χ1) is 13.9. The summed E-state index contributed by atoms with van der Waals surface area (Å²) in [5.74, 6) is 0.0462. The number of amides is 2. The van der Waals surface area contributed by atoms with E-state index in [2.05, 4.69) is 48.0 Å². The van der Waals surface area contributed by atoms with Gasteiger partial charge in [-0.25, -0.2) is 0 Å². The maximum atomic E-state index is 12.1. The molecule has 0 spiro atoms. The quantitative estimate of drug-likeness (QED) is 0.395.